The van der Waals surface area contributed by atoms with E-state index >= 15 is 0 Å². The van der Waals surface area contributed by atoms with Crippen LogP contribution < -0.4 is 5.32 Å². The van der Waals surface area contributed by atoms with Crippen LogP contribution in [-0.2, 0) is 31.3 Å². The van der Waals surface area contributed by atoms with Crippen LogP contribution in [0.4, 0.5) is 5.13 Å². The van der Waals surface area contributed by atoms with Crippen molar-refractivity contribution in [3.05, 3.63) is 29.3 Å². The zero-order chi connectivity index (χ0) is 22.8. The number of carbonyl (C=O) groups excluding carboxylic acids is 1. The number of benzene rings is 1. The first-order valence-corrected chi connectivity index (χ1v) is 13.4. The predicted octanol–water partition coefficient (Wildman–Crippen LogP) is 1.39. The van der Waals surface area contributed by atoms with Crippen molar-refractivity contribution in [1.29, 1.82) is 0 Å². The van der Waals surface area contributed by atoms with Crippen LogP contribution in [-0.4, -0.2) is 68.7 Å². The summed E-state index contributed by atoms with van der Waals surface area (Å²) < 4.78 is 52.9. The van der Waals surface area contributed by atoms with Crippen LogP contribution in [0.5, 0.6) is 0 Å². The number of aromatic nitrogens is 2. The van der Waals surface area contributed by atoms with Crippen molar-refractivity contribution in [3.8, 4) is 0 Å². The van der Waals surface area contributed by atoms with Crippen LogP contribution in [0.1, 0.15) is 24.8 Å². The number of carbonyl (C=O) groups is 1. The third-order valence-electron chi connectivity index (χ3n) is 4.99. The molecule has 0 spiro atoms. The number of nitrogens with one attached hydrogen (secondary N) is 1. The van der Waals surface area contributed by atoms with E-state index in [9.17, 15) is 21.6 Å². The maximum atomic E-state index is 13.1. The van der Waals surface area contributed by atoms with Gasteiger partial charge in [0.25, 0.3) is 0 Å². The Bertz CT molecular complexity index is 1140. The molecule has 0 saturated carbocycles. The molecule has 1 atom stereocenters. The van der Waals surface area contributed by atoms with Crippen LogP contribution >= 0.6 is 11.3 Å². The number of hydrogen-bond donors (Lipinski definition) is 1. The van der Waals surface area contributed by atoms with Crippen molar-refractivity contribution in [2.45, 2.75) is 36.0 Å². The van der Waals surface area contributed by atoms with Gasteiger partial charge in [0.2, 0.25) is 31.1 Å². The van der Waals surface area contributed by atoms with E-state index in [1.165, 1.54) is 54.0 Å². The standard InChI is InChI=1S/C18H25N5O5S3/c1-4-16-20-21-18(29-16)19-17(24)13-6-5-11-23(12-13)31(27,28)15-9-7-14(8-10-15)30(25,26)22(2)3/h7-10,13H,4-6,11-12H2,1-3H3,(H,19,21,24)/t13-/m1/s1. The summed E-state index contributed by atoms with van der Waals surface area (Å²) in [6.07, 6.45) is 1.83. The molecule has 1 aromatic carbocycles. The Hall–Kier alpha value is -1.93. The SMILES string of the molecule is CCc1nnc(NC(=O)[C@@H]2CCCN(S(=O)(=O)c3ccc(S(=O)(=O)N(C)C)cc3)C2)s1. The van der Waals surface area contributed by atoms with Gasteiger partial charge in [0.15, 0.2) is 0 Å². The highest BCUT2D eigenvalue weighted by Gasteiger charge is 2.34. The van der Waals surface area contributed by atoms with E-state index in [0.29, 0.717) is 24.5 Å². The topological polar surface area (TPSA) is 130 Å². The number of anilines is 1. The molecule has 1 saturated heterocycles. The fourth-order valence-corrected chi connectivity index (χ4v) is 6.28. The van der Waals surface area contributed by atoms with Crippen molar-refractivity contribution in [3.63, 3.8) is 0 Å². The summed E-state index contributed by atoms with van der Waals surface area (Å²) in [5.41, 5.74) is 0. The molecule has 0 aliphatic carbocycles. The molecule has 10 nitrogen and oxygen atoms in total. The van der Waals surface area contributed by atoms with Crippen molar-refractivity contribution in [1.82, 2.24) is 18.8 Å². The van der Waals surface area contributed by atoms with E-state index in [-0.39, 0.29) is 22.2 Å². The second-order valence-electron chi connectivity index (χ2n) is 7.30. The Balaban J connectivity index is 1.73. The highest BCUT2D eigenvalue weighted by molar-refractivity contribution is 7.89. The first kappa shape index (κ1) is 23.7. The summed E-state index contributed by atoms with van der Waals surface area (Å²) in [5.74, 6) is -0.794. The van der Waals surface area contributed by atoms with E-state index in [1.807, 2.05) is 6.92 Å². The van der Waals surface area contributed by atoms with Crippen LogP contribution in [0.2, 0.25) is 0 Å². The van der Waals surface area contributed by atoms with Crippen molar-refractivity contribution < 1.29 is 21.6 Å². The van der Waals surface area contributed by atoms with Gasteiger partial charge in [0.1, 0.15) is 5.01 Å². The quantitative estimate of drug-likeness (QED) is 0.625. The van der Waals surface area contributed by atoms with Crippen LogP contribution in [0.25, 0.3) is 0 Å². The van der Waals surface area contributed by atoms with E-state index in [0.717, 1.165) is 15.7 Å². The predicted molar refractivity (Wildman–Crippen MR) is 117 cm³/mol. The summed E-state index contributed by atoms with van der Waals surface area (Å²) in [6, 6.07) is 5.11. The van der Waals surface area contributed by atoms with Gasteiger partial charge in [-0.25, -0.2) is 21.1 Å². The van der Waals surface area contributed by atoms with Gasteiger partial charge in [-0.05, 0) is 43.5 Å². The van der Waals surface area contributed by atoms with Crippen LogP contribution in [0, 0.1) is 5.92 Å². The maximum absolute atomic E-state index is 13.1. The van der Waals surface area contributed by atoms with E-state index in [1.54, 1.807) is 0 Å². The van der Waals surface area contributed by atoms with Gasteiger partial charge < -0.3 is 5.32 Å². The molecule has 1 N–H and O–H groups in total. The molecule has 13 heteroatoms. The normalized spacial score (nSPS) is 18.3. The number of sulfonamides is 2. The molecular formula is C18H25N5O5S3. The minimum Gasteiger partial charge on any atom is -0.300 e. The third-order valence-corrected chi connectivity index (χ3v) is 9.69. The summed E-state index contributed by atoms with van der Waals surface area (Å²) >= 11 is 1.30. The van der Waals surface area contributed by atoms with E-state index in [4.69, 9.17) is 0 Å². The lowest BCUT2D eigenvalue weighted by atomic mass is 9.99. The average Bonchev–Trinajstić information content (AvgIpc) is 3.21. The number of amides is 1. The van der Waals surface area contributed by atoms with Gasteiger partial charge in [-0.3, -0.25) is 4.79 Å². The van der Waals surface area contributed by atoms with Crippen LogP contribution in [0.15, 0.2) is 34.1 Å². The van der Waals surface area contributed by atoms with Crippen molar-refractivity contribution >= 4 is 42.4 Å². The zero-order valence-corrected chi connectivity index (χ0v) is 19.9. The second kappa shape index (κ2) is 9.28. The molecule has 31 heavy (non-hydrogen) atoms. The lowest BCUT2D eigenvalue weighted by molar-refractivity contribution is -0.120. The minimum absolute atomic E-state index is 0.0101. The maximum Gasteiger partial charge on any atom is 0.243 e. The summed E-state index contributed by atoms with van der Waals surface area (Å²) in [4.78, 5) is 12.6. The molecule has 0 radical (unpaired) electrons. The highest BCUT2D eigenvalue weighted by Crippen LogP contribution is 2.26. The molecule has 2 heterocycles. The zero-order valence-electron chi connectivity index (χ0n) is 17.5. The molecule has 1 aromatic heterocycles. The van der Waals surface area contributed by atoms with Gasteiger partial charge in [0, 0.05) is 27.2 Å². The molecule has 170 valence electrons. The molecule has 3 rings (SSSR count). The molecule has 1 fully saturated rings. The van der Waals surface area contributed by atoms with E-state index in [2.05, 4.69) is 15.5 Å². The number of hydrogen-bond acceptors (Lipinski definition) is 8. The molecule has 2 aromatic rings. The summed E-state index contributed by atoms with van der Waals surface area (Å²) in [5, 5.41) is 11.8. The molecular weight excluding hydrogens is 462 g/mol. The molecule has 1 amide bonds. The number of aryl methyl sites for hydroxylation is 1. The number of nitrogens with zero attached hydrogens (tertiary/aromatic N) is 4. The fourth-order valence-electron chi connectivity index (χ4n) is 3.17. The summed E-state index contributed by atoms with van der Waals surface area (Å²) in [7, 11) is -4.70. The highest BCUT2D eigenvalue weighted by atomic mass is 32.2. The van der Waals surface area contributed by atoms with Gasteiger partial charge in [-0.15, -0.1) is 10.2 Å². The Morgan fingerprint density at radius 1 is 1.16 bits per heavy atom. The first-order chi connectivity index (χ1) is 14.6. The van der Waals surface area contributed by atoms with Gasteiger partial charge in [0.05, 0.1) is 15.7 Å². The molecule has 0 bridgehead atoms. The van der Waals surface area contributed by atoms with Crippen molar-refractivity contribution in [2.24, 2.45) is 5.92 Å². The largest absolute Gasteiger partial charge is 0.300 e. The lowest BCUT2D eigenvalue weighted by Crippen LogP contribution is -2.43. The van der Waals surface area contributed by atoms with Crippen LogP contribution in [0.3, 0.4) is 0 Å². The fraction of sp³-hybridized carbons (Fsp3) is 0.500. The Kier molecular flexibility index (Phi) is 7.11. The number of rotatable bonds is 7. The van der Waals surface area contributed by atoms with Crippen molar-refractivity contribution in [2.75, 3.05) is 32.5 Å². The Labute approximate surface area is 186 Å². The smallest absolute Gasteiger partial charge is 0.243 e. The van der Waals surface area contributed by atoms with E-state index < -0.39 is 26.0 Å². The van der Waals surface area contributed by atoms with Gasteiger partial charge in [-0.2, -0.15) is 4.31 Å². The molecule has 1 aliphatic rings. The lowest BCUT2D eigenvalue weighted by Gasteiger charge is -2.31. The second-order valence-corrected chi connectivity index (χ2v) is 12.5. The summed E-state index contributed by atoms with van der Waals surface area (Å²) in [6.45, 7) is 2.28. The van der Waals surface area contributed by atoms with Gasteiger partial charge >= 0.3 is 0 Å². The third kappa shape index (κ3) is 5.12. The number of piperidine rings is 1. The average molecular weight is 488 g/mol. The monoisotopic (exact) mass is 487 g/mol. The van der Waals surface area contributed by atoms with Gasteiger partial charge in [-0.1, -0.05) is 18.3 Å². The molecule has 1 aliphatic heterocycles. The molecule has 0 unspecified atom stereocenters. The Morgan fingerprint density at radius 2 is 1.81 bits per heavy atom. The Morgan fingerprint density at radius 3 is 2.39 bits per heavy atom. The first-order valence-electron chi connectivity index (χ1n) is 9.71. The minimum atomic E-state index is -3.86.